The monoisotopic (exact) mass is 286 g/mol. The van der Waals surface area contributed by atoms with Crippen LogP contribution in [0.4, 0.5) is 0 Å². The van der Waals surface area contributed by atoms with Crippen molar-refractivity contribution < 1.29 is 9.90 Å². The molecule has 0 radical (unpaired) electrons. The fourth-order valence-electron chi connectivity index (χ4n) is 1.10. The fraction of sp³-hybridized carbons (Fsp3) is 0.100. The first kappa shape index (κ1) is 12.3. The molecule has 0 aliphatic rings. The van der Waals surface area contributed by atoms with Crippen LogP contribution in [-0.4, -0.2) is 21.0 Å². The Labute approximate surface area is 111 Å². The van der Waals surface area contributed by atoms with Crippen molar-refractivity contribution in [3.8, 4) is 0 Å². The van der Waals surface area contributed by atoms with Crippen LogP contribution in [0.25, 0.3) is 0 Å². The minimum Gasteiger partial charge on any atom is -0.481 e. The molecule has 88 valence electrons. The highest BCUT2D eigenvalue weighted by molar-refractivity contribution is 8.01. The number of halogens is 1. The quantitative estimate of drug-likeness (QED) is 0.936. The Balaban J connectivity index is 2.12. The summed E-state index contributed by atoms with van der Waals surface area (Å²) >= 11 is 8.68. The minimum atomic E-state index is -0.886. The first-order chi connectivity index (χ1) is 8.15. The van der Waals surface area contributed by atoms with Gasteiger partial charge in [-0.15, -0.1) is 11.3 Å². The van der Waals surface area contributed by atoms with E-state index in [1.165, 1.54) is 23.1 Å². The molecule has 2 aromatic rings. The Morgan fingerprint density at radius 1 is 1.59 bits per heavy atom. The summed E-state index contributed by atoms with van der Waals surface area (Å²) in [5, 5.41) is 11.6. The highest BCUT2D eigenvalue weighted by atomic mass is 35.5. The van der Waals surface area contributed by atoms with E-state index in [2.05, 4.69) is 9.97 Å². The SMILES string of the molecule is O=C(O)Cc1csc(Sc2ncccc2Cl)n1. The van der Waals surface area contributed by atoms with E-state index in [9.17, 15) is 4.79 Å². The maximum absolute atomic E-state index is 10.5. The third-order valence-electron chi connectivity index (χ3n) is 1.77. The van der Waals surface area contributed by atoms with Crippen molar-refractivity contribution in [3.05, 3.63) is 34.4 Å². The van der Waals surface area contributed by atoms with E-state index in [1.807, 2.05) is 0 Å². The predicted molar refractivity (Wildman–Crippen MR) is 66.8 cm³/mol. The second-order valence-electron chi connectivity index (χ2n) is 3.07. The third-order valence-corrected chi connectivity index (χ3v) is 4.19. The van der Waals surface area contributed by atoms with Crippen LogP contribution < -0.4 is 0 Å². The van der Waals surface area contributed by atoms with Gasteiger partial charge in [-0.3, -0.25) is 4.79 Å². The van der Waals surface area contributed by atoms with Gasteiger partial charge in [-0.05, 0) is 23.9 Å². The zero-order valence-corrected chi connectivity index (χ0v) is 10.8. The molecule has 2 rings (SSSR count). The Morgan fingerprint density at radius 3 is 3.12 bits per heavy atom. The highest BCUT2D eigenvalue weighted by Crippen LogP contribution is 2.33. The van der Waals surface area contributed by atoms with Crippen molar-refractivity contribution in [1.29, 1.82) is 0 Å². The van der Waals surface area contributed by atoms with Gasteiger partial charge in [0.25, 0.3) is 0 Å². The molecule has 0 bridgehead atoms. The van der Waals surface area contributed by atoms with E-state index in [1.54, 1.807) is 23.7 Å². The molecule has 0 amide bonds. The zero-order chi connectivity index (χ0) is 12.3. The van der Waals surface area contributed by atoms with Crippen LogP contribution in [-0.2, 0) is 11.2 Å². The molecule has 1 N–H and O–H groups in total. The van der Waals surface area contributed by atoms with Gasteiger partial charge in [0.2, 0.25) is 0 Å². The van der Waals surface area contributed by atoms with Crippen molar-refractivity contribution in [3.63, 3.8) is 0 Å². The van der Waals surface area contributed by atoms with E-state index < -0.39 is 5.97 Å². The van der Waals surface area contributed by atoms with Gasteiger partial charge < -0.3 is 5.11 Å². The molecule has 2 aromatic heterocycles. The van der Waals surface area contributed by atoms with Gasteiger partial charge in [0.05, 0.1) is 17.1 Å². The molecule has 0 spiro atoms. The van der Waals surface area contributed by atoms with Crippen molar-refractivity contribution in [2.45, 2.75) is 15.8 Å². The van der Waals surface area contributed by atoms with Crippen molar-refractivity contribution >= 4 is 40.7 Å². The van der Waals surface area contributed by atoms with Gasteiger partial charge in [-0.25, -0.2) is 9.97 Å². The van der Waals surface area contributed by atoms with Crippen LogP contribution in [0.2, 0.25) is 5.02 Å². The number of rotatable bonds is 4. The first-order valence-corrected chi connectivity index (χ1v) is 6.67. The number of aliphatic carboxylic acids is 1. The number of hydrogen-bond acceptors (Lipinski definition) is 5. The molecule has 4 nitrogen and oxygen atoms in total. The standard InChI is InChI=1S/C10H7ClN2O2S2/c11-7-2-1-3-12-9(7)17-10-13-6(5-16-10)4-8(14)15/h1-3,5H,4H2,(H,14,15). The van der Waals surface area contributed by atoms with Gasteiger partial charge in [0.15, 0.2) is 4.34 Å². The molecule has 0 saturated carbocycles. The lowest BCUT2D eigenvalue weighted by Crippen LogP contribution is -1.99. The molecule has 0 aliphatic carbocycles. The van der Waals surface area contributed by atoms with E-state index in [0.717, 1.165) is 4.34 Å². The summed E-state index contributed by atoms with van der Waals surface area (Å²) in [6, 6.07) is 3.51. The number of carbonyl (C=O) groups is 1. The van der Waals surface area contributed by atoms with Gasteiger partial charge in [0, 0.05) is 11.6 Å². The average Bonchev–Trinajstić information content (AvgIpc) is 2.68. The van der Waals surface area contributed by atoms with Crippen LogP contribution in [0.1, 0.15) is 5.69 Å². The lowest BCUT2D eigenvalue weighted by Gasteiger charge is -1.98. The second-order valence-corrected chi connectivity index (χ2v) is 5.57. The van der Waals surface area contributed by atoms with Crippen molar-refractivity contribution in [2.75, 3.05) is 0 Å². The predicted octanol–water partition coefficient (Wildman–Crippen LogP) is 2.97. The number of thiazole rings is 1. The van der Waals surface area contributed by atoms with E-state index >= 15 is 0 Å². The molecule has 2 heterocycles. The van der Waals surface area contributed by atoms with Crippen LogP contribution in [0.5, 0.6) is 0 Å². The molecule has 0 fully saturated rings. The molecular formula is C10H7ClN2O2S2. The van der Waals surface area contributed by atoms with Gasteiger partial charge in [-0.1, -0.05) is 11.6 Å². The topological polar surface area (TPSA) is 63.1 Å². The molecule has 0 aliphatic heterocycles. The van der Waals surface area contributed by atoms with E-state index in [4.69, 9.17) is 16.7 Å². The Morgan fingerprint density at radius 2 is 2.41 bits per heavy atom. The van der Waals surface area contributed by atoms with Crippen LogP contribution in [0.3, 0.4) is 0 Å². The molecular weight excluding hydrogens is 280 g/mol. The second kappa shape index (κ2) is 5.48. The zero-order valence-electron chi connectivity index (χ0n) is 8.46. The molecule has 7 heteroatoms. The number of pyridine rings is 1. The van der Waals surface area contributed by atoms with E-state index in [0.29, 0.717) is 15.7 Å². The third kappa shape index (κ3) is 3.42. The highest BCUT2D eigenvalue weighted by Gasteiger charge is 2.09. The molecule has 0 unspecified atom stereocenters. The van der Waals surface area contributed by atoms with Crippen LogP contribution >= 0.6 is 34.7 Å². The number of hydrogen-bond donors (Lipinski definition) is 1. The van der Waals surface area contributed by atoms with Crippen LogP contribution in [0.15, 0.2) is 33.1 Å². The normalized spacial score (nSPS) is 10.4. The van der Waals surface area contributed by atoms with E-state index in [-0.39, 0.29) is 6.42 Å². The van der Waals surface area contributed by atoms with Gasteiger partial charge in [-0.2, -0.15) is 0 Å². The summed E-state index contributed by atoms with van der Waals surface area (Å²) in [5.74, 6) is -0.886. The summed E-state index contributed by atoms with van der Waals surface area (Å²) < 4.78 is 0.738. The van der Waals surface area contributed by atoms with Crippen molar-refractivity contribution in [2.24, 2.45) is 0 Å². The molecule has 17 heavy (non-hydrogen) atoms. The number of carboxylic acids is 1. The summed E-state index contributed by atoms with van der Waals surface area (Å²) in [6.45, 7) is 0. The lowest BCUT2D eigenvalue weighted by molar-refractivity contribution is -0.136. The Hall–Kier alpha value is -1.11. The summed E-state index contributed by atoms with van der Waals surface area (Å²) in [5.41, 5.74) is 0.553. The minimum absolute atomic E-state index is 0.0625. The maximum Gasteiger partial charge on any atom is 0.309 e. The molecule has 0 saturated heterocycles. The summed E-state index contributed by atoms with van der Waals surface area (Å²) in [6.07, 6.45) is 1.59. The smallest absolute Gasteiger partial charge is 0.309 e. The molecule has 0 atom stereocenters. The average molecular weight is 287 g/mol. The largest absolute Gasteiger partial charge is 0.481 e. The Kier molecular flexibility index (Phi) is 3.98. The van der Waals surface area contributed by atoms with Gasteiger partial charge in [0.1, 0.15) is 5.03 Å². The maximum atomic E-state index is 10.5. The lowest BCUT2D eigenvalue weighted by atomic mass is 10.3. The summed E-state index contributed by atoms with van der Waals surface area (Å²) in [4.78, 5) is 18.8. The first-order valence-electron chi connectivity index (χ1n) is 4.59. The number of aromatic nitrogens is 2. The van der Waals surface area contributed by atoms with Gasteiger partial charge >= 0.3 is 5.97 Å². The number of carboxylic acid groups (broad SMARTS) is 1. The Bertz CT molecular complexity index is 545. The summed E-state index contributed by atoms with van der Waals surface area (Å²) in [7, 11) is 0. The molecule has 0 aromatic carbocycles. The van der Waals surface area contributed by atoms with Crippen LogP contribution in [0, 0.1) is 0 Å². The fourth-order valence-corrected chi connectivity index (χ4v) is 3.06. The van der Waals surface area contributed by atoms with Crippen molar-refractivity contribution in [1.82, 2.24) is 9.97 Å². The number of nitrogens with zero attached hydrogens (tertiary/aromatic N) is 2.